The first-order valence-corrected chi connectivity index (χ1v) is 11.2. The maximum Gasteiger partial charge on any atom is 0.230 e. The van der Waals surface area contributed by atoms with Gasteiger partial charge in [0.2, 0.25) is 5.91 Å². The fourth-order valence-electron chi connectivity index (χ4n) is 4.49. The summed E-state index contributed by atoms with van der Waals surface area (Å²) in [5.74, 6) is 1.39. The number of rotatable bonds is 8. The SMILES string of the molecule is O=C(C1CCCC1)N(Cc1ccc(O)cc1)c1ccc(OCCN2CCCC2)cc1. The molecule has 2 aromatic carbocycles. The van der Waals surface area contributed by atoms with Crippen molar-refractivity contribution in [3.63, 3.8) is 0 Å². The van der Waals surface area contributed by atoms with Crippen molar-refractivity contribution in [1.82, 2.24) is 4.90 Å². The molecule has 1 saturated carbocycles. The summed E-state index contributed by atoms with van der Waals surface area (Å²) in [6.07, 6.45) is 6.80. The van der Waals surface area contributed by atoms with Gasteiger partial charge in [-0.05, 0) is 80.7 Å². The quantitative estimate of drug-likeness (QED) is 0.694. The number of hydrogen-bond donors (Lipinski definition) is 1. The van der Waals surface area contributed by atoms with Crippen LogP contribution in [-0.4, -0.2) is 42.2 Å². The van der Waals surface area contributed by atoms with Gasteiger partial charge in [-0.3, -0.25) is 9.69 Å². The lowest BCUT2D eigenvalue weighted by Gasteiger charge is -2.26. The van der Waals surface area contributed by atoms with Crippen molar-refractivity contribution in [2.75, 3.05) is 31.1 Å². The normalized spacial score (nSPS) is 17.3. The molecule has 1 amide bonds. The van der Waals surface area contributed by atoms with Gasteiger partial charge in [0.25, 0.3) is 0 Å². The van der Waals surface area contributed by atoms with Crippen molar-refractivity contribution in [3.8, 4) is 11.5 Å². The van der Waals surface area contributed by atoms with E-state index in [9.17, 15) is 9.90 Å². The molecule has 0 bridgehead atoms. The Bertz CT molecular complexity index is 807. The second kappa shape index (κ2) is 9.98. The molecule has 0 spiro atoms. The second-order valence-electron chi connectivity index (χ2n) is 8.46. The van der Waals surface area contributed by atoms with E-state index < -0.39 is 0 Å². The first kappa shape index (κ1) is 20.7. The maximum atomic E-state index is 13.3. The van der Waals surface area contributed by atoms with E-state index in [2.05, 4.69) is 4.90 Å². The Kier molecular flexibility index (Phi) is 6.90. The van der Waals surface area contributed by atoms with Gasteiger partial charge in [0.1, 0.15) is 18.1 Å². The van der Waals surface area contributed by atoms with Crippen molar-refractivity contribution < 1.29 is 14.6 Å². The number of amides is 1. The van der Waals surface area contributed by atoms with E-state index >= 15 is 0 Å². The molecule has 0 aromatic heterocycles. The minimum Gasteiger partial charge on any atom is -0.508 e. The van der Waals surface area contributed by atoms with Crippen LogP contribution in [0.25, 0.3) is 0 Å². The third-order valence-corrected chi connectivity index (χ3v) is 6.27. The van der Waals surface area contributed by atoms with E-state index in [1.807, 2.05) is 41.3 Å². The third kappa shape index (κ3) is 5.33. The summed E-state index contributed by atoms with van der Waals surface area (Å²) in [6, 6.07) is 15.0. The molecule has 0 atom stereocenters. The highest BCUT2D eigenvalue weighted by atomic mass is 16.5. The third-order valence-electron chi connectivity index (χ3n) is 6.27. The molecule has 1 heterocycles. The monoisotopic (exact) mass is 408 g/mol. The van der Waals surface area contributed by atoms with Gasteiger partial charge in [0.05, 0.1) is 6.54 Å². The van der Waals surface area contributed by atoms with Crippen LogP contribution in [0.4, 0.5) is 5.69 Å². The summed E-state index contributed by atoms with van der Waals surface area (Å²) in [4.78, 5) is 17.6. The molecule has 30 heavy (non-hydrogen) atoms. The number of benzene rings is 2. The molecule has 1 saturated heterocycles. The molecule has 0 radical (unpaired) electrons. The summed E-state index contributed by atoms with van der Waals surface area (Å²) >= 11 is 0. The molecule has 5 heteroatoms. The van der Waals surface area contributed by atoms with Gasteiger partial charge in [-0.15, -0.1) is 0 Å². The second-order valence-corrected chi connectivity index (χ2v) is 8.46. The van der Waals surface area contributed by atoms with Gasteiger partial charge in [-0.2, -0.15) is 0 Å². The van der Waals surface area contributed by atoms with E-state index in [1.54, 1.807) is 12.1 Å². The van der Waals surface area contributed by atoms with Gasteiger partial charge in [0.15, 0.2) is 0 Å². The number of phenols is 1. The Morgan fingerprint density at radius 3 is 2.30 bits per heavy atom. The summed E-state index contributed by atoms with van der Waals surface area (Å²) in [5.41, 5.74) is 1.90. The Balaban J connectivity index is 1.43. The minimum atomic E-state index is 0.110. The molecule has 1 N–H and O–H groups in total. The van der Waals surface area contributed by atoms with E-state index in [0.717, 1.165) is 49.2 Å². The minimum absolute atomic E-state index is 0.110. The average Bonchev–Trinajstić information content (AvgIpc) is 3.48. The number of phenolic OH excluding ortho intramolecular Hbond substituents is 1. The first-order chi connectivity index (χ1) is 14.7. The van der Waals surface area contributed by atoms with Gasteiger partial charge < -0.3 is 14.7 Å². The topological polar surface area (TPSA) is 53.0 Å². The summed E-state index contributed by atoms with van der Waals surface area (Å²) in [7, 11) is 0. The van der Waals surface area contributed by atoms with Crippen LogP contribution in [0.15, 0.2) is 48.5 Å². The number of likely N-dealkylation sites (tertiary alicyclic amines) is 1. The molecular weight excluding hydrogens is 376 g/mol. The van der Waals surface area contributed by atoms with Crippen LogP contribution in [0.2, 0.25) is 0 Å². The highest BCUT2D eigenvalue weighted by molar-refractivity contribution is 5.95. The molecular formula is C25H32N2O3. The van der Waals surface area contributed by atoms with Crippen LogP contribution in [0, 0.1) is 5.92 Å². The fourth-order valence-corrected chi connectivity index (χ4v) is 4.49. The molecule has 2 fully saturated rings. The summed E-state index contributed by atoms with van der Waals surface area (Å²) < 4.78 is 5.92. The Labute approximate surface area is 179 Å². The largest absolute Gasteiger partial charge is 0.508 e. The summed E-state index contributed by atoms with van der Waals surface area (Å²) in [5, 5.41) is 9.56. The van der Waals surface area contributed by atoms with Crippen LogP contribution >= 0.6 is 0 Å². The van der Waals surface area contributed by atoms with Crippen molar-refractivity contribution in [1.29, 1.82) is 0 Å². The number of aromatic hydroxyl groups is 1. The zero-order valence-corrected chi connectivity index (χ0v) is 17.6. The lowest BCUT2D eigenvalue weighted by Crippen LogP contribution is -2.34. The summed E-state index contributed by atoms with van der Waals surface area (Å²) in [6.45, 7) is 4.52. The Morgan fingerprint density at radius 1 is 0.967 bits per heavy atom. The van der Waals surface area contributed by atoms with Gasteiger partial charge in [0, 0.05) is 18.2 Å². The lowest BCUT2D eigenvalue weighted by atomic mass is 10.0. The predicted octanol–water partition coefficient (Wildman–Crippen LogP) is 4.59. The van der Waals surface area contributed by atoms with Crippen LogP contribution < -0.4 is 9.64 Å². The predicted molar refractivity (Wildman–Crippen MR) is 119 cm³/mol. The number of ether oxygens (including phenoxy) is 1. The number of carbonyl (C=O) groups excluding carboxylic acids is 1. The molecule has 5 nitrogen and oxygen atoms in total. The number of carbonyl (C=O) groups is 1. The van der Waals surface area contributed by atoms with Crippen LogP contribution in [0.1, 0.15) is 44.1 Å². The van der Waals surface area contributed by atoms with E-state index in [0.29, 0.717) is 13.2 Å². The van der Waals surface area contributed by atoms with Crippen molar-refractivity contribution in [3.05, 3.63) is 54.1 Å². The number of hydrogen-bond acceptors (Lipinski definition) is 4. The van der Waals surface area contributed by atoms with Gasteiger partial charge in [-0.25, -0.2) is 0 Å². The Morgan fingerprint density at radius 2 is 1.63 bits per heavy atom. The Hall–Kier alpha value is -2.53. The smallest absolute Gasteiger partial charge is 0.230 e. The van der Waals surface area contributed by atoms with Crippen LogP contribution in [-0.2, 0) is 11.3 Å². The average molecular weight is 409 g/mol. The lowest BCUT2D eigenvalue weighted by molar-refractivity contribution is -0.122. The number of anilines is 1. The molecule has 1 aliphatic carbocycles. The van der Waals surface area contributed by atoms with Crippen molar-refractivity contribution in [2.45, 2.75) is 45.1 Å². The number of nitrogens with zero attached hydrogens (tertiary/aromatic N) is 2. The van der Waals surface area contributed by atoms with E-state index in [-0.39, 0.29) is 17.6 Å². The zero-order chi connectivity index (χ0) is 20.8. The molecule has 2 aromatic rings. The van der Waals surface area contributed by atoms with Crippen molar-refractivity contribution >= 4 is 11.6 Å². The highest BCUT2D eigenvalue weighted by Gasteiger charge is 2.28. The molecule has 2 aliphatic rings. The molecule has 0 unspecified atom stereocenters. The van der Waals surface area contributed by atoms with Crippen molar-refractivity contribution in [2.24, 2.45) is 5.92 Å². The zero-order valence-electron chi connectivity index (χ0n) is 17.6. The van der Waals surface area contributed by atoms with E-state index in [4.69, 9.17) is 4.74 Å². The van der Waals surface area contributed by atoms with Gasteiger partial charge in [-0.1, -0.05) is 25.0 Å². The van der Waals surface area contributed by atoms with Crippen LogP contribution in [0.5, 0.6) is 11.5 Å². The first-order valence-electron chi connectivity index (χ1n) is 11.2. The standard InChI is InChI=1S/C25H32N2O3/c28-23-11-7-20(8-12-23)19-27(25(29)21-5-1-2-6-21)22-9-13-24(14-10-22)30-18-17-26-15-3-4-16-26/h7-14,21,28H,1-6,15-19H2. The van der Waals surface area contributed by atoms with E-state index in [1.165, 1.54) is 25.9 Å². The molecule has 1 aliphatic heterocycles. The highest BCUT2D eigenvalue weighted by Crippen LogP contribution is 2.30. The maximum absolute atomic E-state index is 13.3. The van der Waals surface area contributed by atoms with Crippen LogP contribution in [0.3, 0.4) is 0 Å². The van der Waals surface area contributed by atoms with Gasteiger partial charge >= 0.3 is 0 Å². The fraction of sp³-hybridized carbons (Fsp3) is 0.480. The molecule has 4 rings (SSSR count). The molecule has 160 valence electrons.